The standard InChI is InChI=1S/C12H26N2O2/c1-5-10(3)9-14(6-2)8-7-11(13-4)12(15)16/h10-11,13H,5-9H2,1-4H3,(H,15,16). The first-order chi connectivity index (χ1) is 7.54. The lowest BCUT2D eigenvalue weighted by Gasteiger charge is -2.25. The number of carbonyl (C=O) groups is 1. The first kappa shape index (κ1) is 15.4. The van der Waals surface area contributed by atoms with Gasteiger partial charge in [0.05, 0.1) is 0 Å². The Morgan fingerprint density at radius 2 is 2.06 bits per heavy atom. The van der Waals surface area contributed by atoms with Crippen LogP contribution in [0.15, 0.2) is 0 Å². The SMILES string of the molecule is CCC(C)CN(CC)CCC(NC)C(=O)O. The highest BCUT2D eigenvalue weighted by Gasteiger charge is 2.16. The number of carboxylic acids is 1. The van der Waals surface area contributed by atoms with Gasteiger partial charge in [-0.3, -0.25) is 4.79 Å². The van der Waals surface area contributed by atoms with E-state index in [0.29, 0.717) is 12.3 Å². The molecule has 0 saturated carbocycles. The summed E-state index contributed by atoms with van der Waals surface area (Å²) in [6.07, 6.45) is 1.83. The van der Waals surface area contributed by atoms with Gasteiger partial charge in [0.1, 0.15) is 6.04 Å². The highest BCUT2D eigenvalue weighted by Crippen LogP contribution is 2.05. The zero-order valence-corrected chi connectivity index (χ0v) is 11.0. The van der Waals surface area contributed by atoms with Crippen molar-refractivity contribution in [1.82, 2.24) is 10.2 Å². The van der Waals surface area contributed by atoms with Gasteiger partial charge in [-0.05, 0) is 25.9 Å². The third-order valence-corrected chi connectivity index (χ3v) is 3.09. The normalized spacial score (nSPS) is 15.1. The molecular weight excluding hydrogens is 204 g/mol. The summed E-state index contributed by atoms with van der Waals surface area (Å²) in [5, 5.41) is 11.7. The Hall–Kier alpha value is -0.610. The van der Waals surface area contributed by atoms with Crippen molar-refractivity contribution in [2.45, 2.75) is 39.7 Å². The summed E-state index contributed by atoms with van der Waals surface area (Å²) in [7, 11) is 1.70. The quantitative estimate of drug-likeness (QED) is 0.629. The van der Waals surface area contributed by atoms with Crippen molar-refractivity contribution in [3.63, 3.8) is 0 Å². The van der Waals surface area contributed by atoms with Crippen molar-refractivity contribution < 1.29 is 9.90 Å². The molecule has 2 atom stereocenters. The summed E-state index contributed by atoms with van der Waals surface area (Å²) >= 11 is 0. The first-order valence-corrected chi connectivity index (χ1v) is 6.17. The van der Waals surface area contributed by atoms with E-state index in [1.807, 2.05) is 0 Å². The molecule has 0 aromatic heterocycles. The number of hydrogen-bond donors (Lipinski definition) is 2. The zero-order valence-electron chi connectivity index (χ0n) is 11.0. The Bertz CT molecular complexity index is 197. The largest absolute Gasteiger partial charge is 0.480 e. The number of aliphatic carboxylic acids is 1. The highest BCUT2D eigenvalue weighted by atomic mass is 16.4. The fraction of sp³-hybridized carbons (Fsp3) is 0.917. The fourth-order valence-corrected chi connectivity index (χ4v) is 1.65. The molecule has 0 aliphatic heterocycles. The second kappa shape index (κ2) is 8.53. The molecule has 0 aliphatic rings. The van der Waals surface area contributed by atoms with Crippen LogP contribution in [0.1, 0.15) is 33.6 Å². The second-order valence-corrected chi connectivity index (χ2v) is 4.37. The van der Waals surface area contributed by atoms with Crippen molar-refractivity contribution >= 4 is 5.97 Å². The van der Waals surface area contributed by atoms with Gasteiger partial charge < -0.3 is 15.3 Å². The van der Waals surface area contributed by atoms with Gasteiger partial charge >= 0.3 is 5.97 Å². The van der Waals surface area contributed by atoms with Crippen molar-refractivity contribution in [2.75, 3.05) is 26.7 Å². The van der Waals surface area contributed by atoms with E-state index in [1.165, 1.54) is 6.42 Å². The van der Waals surface area contributed by atoms with Crippen LogP contribution in [0.5, 0.6) is 0 Å². The van der Waals surface area contributed by atoms with Crippen LogP contribution in [-0.4, -0.2) is 48.7 Å². The van der Waals surface area contributed by atoms with E-state index < -0.39 is 12.0 Å². The predicted octanol–water partition coefficient (Wildman–Crippen LogP) is 1.42. The summed E-state index contributed by atoms with van der Waals surface area (Å²) in [6.45, 7) is 9.43. The minimum absolute atomic E-state index is 0.425. The molecule has 0 rings (SSSR count). The van der Waals surface area contributed by atoms with Gasteiger partial charge in [0, 0.05) is 13.1 Å². The number of carboxylic acid groups (broad SMARTS) is 1. The van der Waals surface area contributed by atoms with Crippen LogP contribution in [0, 0.1) is 5.92 Å². The molecule has 0 radical (unpaired) electrons. The average Bonchev–Trinajstić information content (AvgIpc) is 2.27. The van der Waals surface area contributed by atoms with Gasteiger partial charge in [-0.1, -0.05) is 27.2 Å². The molecular formula is C12H26N2O2. The summed E-state index contributed by atoms with van der Waals surface area (Å²) in [6, 6.07) is -0.425. The smallest absolute Gasteiger partial charge is 0.320 e. The van der Waals surface area contributed by atoms with Crippen LogP contribution in [0.2, 0.25) is 0 Å². The van der Waals surface area contributed by atoms with E-state index >= 15 is 0 Å². The second-order valence-electron chi connectivity index (χ2n) is 4.37. The maximum atomic E-state index is 10.8. The van der Waals surface area contributed by atoms with Crippen LogP contribution in [-0.2, 0) is 4.79 Å². The molecule has 16 heavy (non-hydrogen) atoms. The lowest BCUT2D eigenvalue weighted by molar-refractivity contribution is -0.139. The molecule has 4 heteroatoms. The highest BCUT2D eigenvalue weighted by molar-refractivity contribution is 5.73. The number of nitrogens with one attached hydrogen (secondary N) is 1. The molecule has 96 valence electrons. The molecule has 2 N–H and O–H groups in total. The van der Waals surface area contributed by atoms with Gasteiger partial charge in [0.2, 0.25) is 0 Å². The minimum atomic E-state index is -0.762. The van der Waals surface area contributed by atoms with E-state index in [2.05, 4.69) is 31.0 Å². The lowest BCUT2D eigenvalue weighted by atomic mass is 10.1. The van der Waals surface area contributed by atoms with E-state index in [0.717, 1.165) is 19.6 Å². The number of likely N-dealkylation sites (N-methyl/N-ethyl adjacent to an activating group) is 1. The van der Waals surface area contributed by atoms with Gasteiger partial charge in [0.15, 0.2) is 0 Å². The molecule has 0 fully saturated rings. The van der Waals surface area contributed by atoms with Gasteiger partial charge in [-0.2, -0.15) is 0 Å². The van der Waals surface area contributed by atoms with Crippen molar-refractivity contribution in [3.8, 4) is 0 Å². The van der Waals surface area contributed by atoms with Crippen LogP contribution in [0.4, 0.5) is 0 Å². The van der Waals surface area contributed by atoms with E-state index in [1.54, 1.807) is 7.05 Å². The zero-order chi connectivity index (χ0) is 12.6. The van der Waals surface area contributed by atoms with Crippen LogP contribution < -0.4 is 5.32 Å². The molecule has 0 heterocycles. The molecule has 0 spiro atoms. The van der Waals surface area contributed by atoms with E-state index in [-0.39, 0.29) is 0 Å². The van der Waals surface area contributed by atoms with Crippen LogP contribution in [0.3, 0.4) is 0 Å². The number of hydrogen-bond acceptors (Lipinski definition) is 3. The molecule has 0 bridgehead atoms. The Kier molecular flexibility index (Phi) is 8.21. The Morgan fingerprint density at radius 1 is 1.44 bits per heavy atom. The fourth-order valence-electron chi connectivity index (χ4n) is 1.65. The summed E-state index contributed by atoms with van der Waals surface area (Å²) in [4.78, 5) is 13.1. The van der Waals surface area contributed by atoms with Crippen molar-refractivity contribution in [3.05, 3.63) is 0 Å². The molecule has 0 aromatic rings. The molecule has 0 amide bonds. The van der Waals surface area contributed by atoms with Gasteiger partial charge in [-0.25, -0.2) is 0 Å². The molecule has 0 aliphatic carbocycles. The van der Waals surface area contributed by atoms with E-state index in [9.17, 15) is 4.79 Å². The van der Waals surface area contributed by atoms with Crippen molar-refractivity contribution in [2.24, 2.45) is 5.92 Å². The lowest BCUT2D eigenvalue weighted by Crippen LogP contribution is -2.38. The molecule has 0 saturated heterocycles. The number of nitrogens with zero attached hydrogens (tertiary/aromatic N) is 1. The predicted molar refractivity (Wildman–Crippen MR) is 66.7 cm³/mol. The maximum absolute atomic E-state index is 10.8. The Morgan fingerprint density at radius 3 is 2.44 bits per heavy atom. The third kappa shape index (κ3) is 6.08. The molecule has 0 aromatic carbocycles. The molecule has 2 unspecified atom stereocenters. The summed E-state index contributed by atoms with van der Waals surface area (Å²) in [5.41, 5.74) is 0. The Balaban J connectivity index is 3.98. The first-order valence-electron chi connectivity index (χ1n) is 6.17. The third-order valence-electron chi connectivity index (χ3n) is 3.09. The monoisotopic (exact) mass is 230 g/mol. The van der Waals surface area contributed by atoms with Crippen molar-refractivity contribution in [1.29, 1.82) is 0 Å². The Labute approximate surface area is 99.0 Å². The topological polar surface area (TPSA) is 52.6 Å². The van der Waals surface area contributed by atoms with E-state index in [4.69, 9.17) is 5.11 Å². The molecule has 4 nitrogen and oxygen atoms in total. The van der Waals surface area contributed by atoms with Gasteiger partial charge in [0.25, 0.3) is 0 Å². The average molecular weight is 230 g/mol. The van der Waals surface area contributed by atoms with Crippen LogP contribution in [0.25, 0.3) is 0 Å². The maximum Gasteiger partial charge on any atom is 0.320 e. The summed E-state index contributed by atoms with van der Waals surface area (Å²) < 4.78 is 0. The minimum Gasteiger partial charge on any atom is -0.480 e. The number of rotatable bonds is 9. The van der Waals surface area contributed by atoms with Crippen LogP contribution >= 0.6 is 0 Å². The summed E-state index contributed by atoms with van der Waals surface area (Å²) in [5.74, 6) is -0.0834. The van der Waals surface area contributed by atoms with Gasteiger partial charge in [-0.15, -0.1) is 0 Å².